The molecule has 0 saturated carbocycles. The first-order chi connectivity index (χ1) is 22.7. The van der Waals surface area contributed by atoms with E-state index in [1.807, 2.05) is 42.7 Å². The van der Waals surface area contributed by atoms with Crippen molar-refractivity contribution in [1.29, 1.82) is 0 Å². The summed E-state index contributed by atoms with van der Waals surface area (Å²) in [7, 11) is 1.35. The van der Waals surface area contributed by atoms with Crippen LogP contribution < -0.4 is 15.8 Å². The lowest BCUT2D eigenvalue weighted by molar-refractivity contribution is -0.193. The Bertz CT molecular complexity index is 1170. The lowest BCUT2D eigenvalue weighted by Gasteiger charge is -2.29. The summed E-state index contributed by atoms with van der Waals surface area (Å²) in [6.07, 6.45) is -3.12. The summed E-state index contributed by atoms with van der Waals surface area (Å²) >= 11 is 5.90. The van der Waals surface area contributed by atoms with Crippen LogP contribution in [0.5, 0.6) is 5.75 Å². The number of benzene rings is 1. The topological polar surface area (TPSA) is 168 Å². The van der Waals surface area contributed by atoms with Gasteiger partial charge in [-0.05, 0) is 42.4 Å². The van der Waals surface area contributed by atoms with E-state index < -0.39 is 42.3 Å². The molecule has 280 valence electrons. The van der Waals surface area contributed by atoms with Crippen molar-refractivity contribution < 1.29 is 65.2 Å². The first-order valence-electron chi connectivity index (χ1n) is 14.7. The molecule has 5 N–H and O–H groups in total. The number of carbonyl (C=O) groups is 4. The van der Waals surface area contributed by atoms with Gasteiger partial charge in [0.2, 0.25) is 5.91 Å². The van der Waals surface area contributed by atoms with Gasteiger partial charge in [0.15, 0.2) is 0 Å². The number of alkyl halides is 6. The van der Waals surface area contributed by atoms with Crippen molar-refractivity contribution >= 4 is 48.2 Å². The fourth-order valence-electron chi connectivity index (χ4n) is 4.12. The van der Waals surface area contributed by atoms with E-state index in [2.05, 4.69) is 42.8 Å². The van der Waals surface area contributed by atoms with Crippen LogP contribution in [-0.2, 0) is 23.9 Å². The van der Waals surface area contributed by atoms with Crippen LogP contribution in [0.3, 0.4) is 0 Å². The Balaban J connectivity index is 0.00000137. The zero-order valence-corrected chi connectivity index (χ0v) is 29.0. The number of nitrogens with two attached hydrogens (primary N) is 1. The molecule has 0 aliphatic carbocycles. The molecule has 1 aliphatic rings. The number of carboxylic acid groups (broad SMARTS) is 2. The second-order valence-corrected chi connectivity index (χ2v) is 12.2. The maximum absolute atomic E-state index is 13.4. The number of carbonyl (C=O) groups excluding carboxylic acids is 2. The molecule has 0 aromatic heterocycles. The maximum Gasteiger partial charge on any atom is 0.490 e. The number of para-hydroxylation sites is 1. The van der Waals surface area contributed by atoms with Crippen molar-refractivity contribution in [3.63, 3.8) is 0 Å². The minimum absolute atomic E-state index is 0.108. The number of hydrogen-bond donors (Lipinski definition) is 5. The van der Waals surface area contributed by atoms with Gasteiger partial charge in [-0.1, -0.05) is 44.2 Å². The number of aliphatic carboxylic acids is 2. The molecule has 1 fully saturated rings. The van der Waals surface area contributed by atoms with Crippen LogP contribution in [0, 0.1) is 11.8 Å². The molecule has 1 saturated heterocycles. The fraction of sp³-hybridized carbons (Fsp3) is 0.600. The Labute approximate surface area is 290 Å². The molecule has 5 atom stereocenters. The molecule has 1 aromatic rings. The number of halogens is 6. The predicted octanol–water partition coefficient (Wildman–Crippen LogP) is 4.27. The molecular weight excluding hydrogens is 708 g/mol. The van der Waals surface area contributed by atoms with E-state index in [1.165, 1.54) is 7.11 Å². The molecular formula is C30H43F6N3O8S2. The minimum atomic E-state index is -5.08. The number of amides is 1. The minimum Gasteiger partial charge on any atom is -0.489 e. The summed E-state index contributed by atoms with van der Waals surface area (Å²) in [5.41, 5.74) is 6.04. The standard InChI is InChI=1S/C26H41N3O4S2.2C2HF3O2/c1-18(2)19(10-11-20(27)17-34)15-29-16-22(33-21-8-6-5-7-9-21)14-24(29)25(30)28-23(12-13-35-4)26(31)32-3;2*3-2(4,5)1(6)7/h5-11,18-20,22-24,34H,12-17,27H2,1-4H3,(H,28,30);2*(H,6,7)/b11-10+;;/t19-,20+,22-,23-,24-;;/m0../s1. The Hall–Kier alpha value is -3.16. The lowest BCUT2D eigenvalue weighted by Crippen LogP contribution is -2.50. The van der Waals surface area contributed by atoms with Crippen LogP contribution in [0.2, 0.25) is 0 Å². The van der Waals surface area contributed by atoms with E-state index in [-0.39, 0.29) is 24.0 Å². The summed E-state index contributed by atoms with van der Waals surface area (Å²) in [5, 5.41) is 17.2. The van der Waals surface area contributed by atoms with Gasteiger partial charge < -0.3 is 30.7 Å². The molecule has 49 heavy (non-hydrogen) atoms. The number of methoxy groups -OCH3 is 1. The Kier molecular flexibility index (Phi) is 21.1. The van der Waals surface area contributed by atoms with Crippen LogP contribution in [0.15, 0.2) is 42.5 Å². The molecule has 1 aliphatic heterocycles. The molecule has 0 spiro atoms. The summed E-state index contributed by atoms with van der Waals surface area (Å²) in [6, 6.07) is 8.48. The van der Waals surface area contributed by atoms with Gasteiger partial charge in [-0.15, -0.1) is 0 Å². The number of esters is 1. The molecule has 11 nitrogen and oxygen atoms in total. The van der Waals surface area contributed by atoms with E-state index in [0.29, 0.717) is 37.6 Å². The summed E-state index contributed by atoms with van der Waals surface area (Å²) in [4.78, 5) is 45.7. The van der Waals surface area contributed by atoms with Gasteiger partial charge >= 0.3 is 30.3 Å². The van der Waals surface area contributed by atoms with Crippen LogP contribution in [0.25, 0.3) is 0 Å². The first kappa shape index (κ1) is 45.8. The van der Waals surface area contributed by atoms with Crippen molar-refractivity contribution in [3.05, 3.63) is 42.5 Å². The van der Waals surface area contributed by atoms with Gasteiger partial charge in [-0.2, -0.15) is 50.7 Å². The van der Waals surface area contributed by atoms with Crippen LogP contribution in [-0.4, -0.2) is 113 Å². The number of carboxylic acids is 2. The summed E-state index contributed by atoms with van der Waals surface area (Å²) in [5.74, 6) is -3.42. The van der Waals surface area contributed by atoms with Crippen molar-refractivity contribution in [2.45, 2.75) is 63.3 Å². The molecule has 0 radical (unpaired) electrons. The van der Waals surface area contributed by atoms with Gasteiger partial charge in [0.1, 0.15) is 17.9 Å². The molecule has 0 unspecified atom stereocenters. The van der Waals surface area contributed by atoms with Crippen molar-refractivity contribution in [2.24, 2.45) is 17.6 Å². The first-order valence-corrected chi connectivity index (χ1v) is 16.7. The van der Waals surface area contributed by atoms with E-state index in [9.17, 15) is 35.9 Å². The number of likely N-dealkylation sites (tertiary alicyclic amines) is 1. The third kappa shape index (κ3) is 19.0. The number of rotatable bonds is 14. The number of thioether (sulfide) groups is 1. The predicted molar refractivity (Wildman–Crippen MR) is 174 cm³/mol. The quantitative estimate of drug-likeness (QED) is 0.0797. The molecule has 1 amide bonds. The number of ether oxygens (including phenoxy) is 2. The van der Waals surface area contributed by atoms with Gasteiger partial charge in [-0.3, -0.25) is 9.69 Å². The average molecular weight is 752 g/mol. The number of thiol groups is 1. The number of nitrogens with one attached hydrogen (secondary N) is 1. The highest BCUT2D eigenvalue weighted by atomic mass is 32.2. The molecule has 1 heterocycles. The number of hydrogen-bond acceptors (Lipinski definition) is 10. The highest BCUT2D eigenvalue weighted by Gasteiger charge is 2.41. The van der Waals surface area contributed by atoms with Gasteiger partial charge in [-0.25, -0.2) is 14.4 Å². The zero-order valence-electron chi connectivity index (χ0n) is 27.2. The monoisotopic (exact) mass is 751 g/mol. The Morgan fingerprint density at radius 2 is 1.59 bits per heavy atom. The Morgan fingerprint density at radius 1 is 1.06 bits per heavy atom. The molecule has 1 aromatic carbocycles. The second-order valence-electron chi connectivity index (χ2n) is 10.9. The summed E-state index contributed by atoms with van der Waals surface area (Å²) < 4.78 is 74.6. The van der Waals surface area contributed by atoms with E-state index >= 15 is 0 Å². The third-order valence-electron chi connectivity index (χ3n) is 6.73. The highest BCUT2D eigenvalue weighted by Crippen LogP contribution is 2.27. The summed E-state index contributed by atoms with van der Waals surface area (Å²) in [6.45, 7) is 5.64. The molecule has 19 heteroatoms. The number of nitrogens with zero attached hydrogens (tertiary/aromatic N) is 1. The Morgan fingerprint density at radius 3 is 2.02 bits per heavy atom. The van der Waals surface area contributed by atoms with Gasteiger partial charge in [0, 0.05) is 31.3 Å². The third-order valence-corrected chi connectivity index (χ3v) is 7.80. The molecule has 2 rings (SSSR count). The van der Waals surface area contributed by atoms with E-state index in [4.69, 9.17) is 35.0 Å². The van der Waals surface area contributed by atoms with Gasteiger partial charge in [0.05, 0.1) is 13.2 Å². The van der Waals surface area contributed by atoms with Crippen molar-refractivity contribution in [2.75, 3.05) is 38.0 Å². The maximum atomic E-state index is 13.4. The average Bonchev–Trinajstić information content (AvgIpc) is 3.42. The van der Waals surface area contributed by atoms with Crippen LogP contribution in [0.1, 0.15) is 26.7 Å². The highest BCUT2D eigenvalue weighted by molar-refractivity contribution is 7.98. The van der Waals surface area contributed by atoms with Crippen molar-refractivity contribution in [1.82, 2.24) is 10.2 Å². The largest absolute Gasteiger partial charge is 0.490 e. The lowest BCUT2D eigenvalue weighted by atomic mass is 9.94. The smallest absolute Gasteiger partial charge is 0.489 e. The fourth-order valence-corrected chi connectivity index (χ4v) is 4.71. The van der Waals surface area contributed by atoms with E-state index in [1.54, 1.807) is 11.8 Å². The second kappa shape index (κ2) is 22.5. The van der Waals surface area contributed by atoms with Gasteiger partial charge in [0.25, 0.3) is 0 Å². The van der Waals surface area contributed by atoms with Crippen molar-refractivity contribution in [3.8, 4) is 5.75 Å². The van der Waals surface area contributed by atoms with E-state index in [0.717, 1.165) is 11.5 Å². The normalized spacial score (nSPS) is 18.3. The molecule has 0 bridgehead atoms. The van der Waals surface area contributed by atoms with Crippen LogP contribution >= 0.6 is 24.4 Å². The zero-order chi connectivity index (χ0) is 37.9. The SMILES string of the molecule is COC(=O)[C@H](CCSC)NC(=O)[C@@H]1C[C@H](Oc2ccccc2)CN1C[C@H](/C=C/[C@@H](N)CS)C(C)C.O=C(O)C(F)(F)F.O=C(O)C(F)(F)F. The van der Waals surface area contributed by atoms with Crippen LogP contribution in [0.4, 0.5) is 26.3 Å².